The Morgan fingerprint density at radius 1 is 1.71 bits per heavy atom. The minimum atomic E-state index is -0.843. The van der Waals surface area contributed by atoms with Gasteiger partial charge in [0.1, 0.15) is 5.76 Å². The van der Waals surface area contributed by atoms with Gasteiger partial charge in [-0.05, 0) is 19.4 Å². The summed E-state index contributed by atoms with van der Waals surface area (Å²) < 4.78 is 5.25. The van der Waals surface area contributed by atoms with Crippen LogP contribution in [-0.2, 0) is 4.79 Å². The molecule has 0 aliphatic carbocycles. The van der Waals surface area contributed by atoms with Gasteiger partial charge in [-0.15, -0.1) is 0 Å². The Bertz CT molecular complexity index is 319. The maximum absolute atomic E-state index is 10.8. The highest BCUT2D eigenvalue weighted by Gasteiger charge is 2.22. The highest BCUT2D eigenvalue weighted by atomic mass is 32.1. The molecule has 1 rings (SSSR count). The van der Waals surface area contributed by atoms with Gasteiger partial charge in [-0.2, -0.15) is 12.6 Å². The second kappa shape index (κ2) is 4.55. The zero-order valence-corrected chi connectivity index (χ0v) is 9.12. The third-order valence-electron chi connectivity index (χ3n) is 2.25. The van der Waals surface area contributed by atoms with Crippen LogP contribution in [0, 0.1) is 0 Å². The number of hydrogen-bond acceptors (Lipinski definition) is 3. The molecule has 78 valence electrons. The number of rotatable bonds is 4. The smallest absolute Gasteiger partial charge is 0.310 e. The fraction of sp³-hybridized carbons (Fsp3) is 0.500. The molecule has 0 radical (unpaired) electrons. The normalized spacial score (nSPS) is 15.1. The van der Waals surface area contributed by atoms with Crippen LogP contribution in [-0.4, -0.2) is 11.1 Å². The number of carboxylic acids is 1. The molecule has 1 N–H and O–H groups in total. The van der Waals surface area contributed by atoms with Crippen LogP contribution in [0.2, 0.25) is 0 Å². The molecule has 1 aromatic rings. The second-order valence-corrected chi connectivity index (χ2v) is 3.85. The number of carboxylic acid groups (broad SMARTS) is 1. The second-order valence-electron chi connectivity index (χ2n) is 3.22. The van der Waals surface area contributed by atoms with Crippen molar-refractivity contribution in [3.63, 3.8) is 0 Å². The third kappa shape index (κ3) is 2.12. The van der Waals surface area contributed by atoms with Crippen LogP contribution in [0.5, 0.6) is 0 Å². The van der Waals surface area contributed by atoms with E-state index in [1.807, 2.05) is 6.92 Å². The number of thiol groups is 1. The monoisotopic (exact) mass is 214 g/mol. The van der Waals surface area contributed by atoms with Crippen molar-refractivity contribution in [1.82, 2.24) is 0 Å². The van der Waals surface area contributed by atoms with Gasteiger partial charge in [0.05, 0.1) is 17.4 Å². The average Bonchev–Trinajstić information content (AvgIpc) is 2.63. The summed E-state index contributed by atoms with van der Waals surface area (Å²) >= 11 is 4.33. The fourth-order valence-corrected chi connectivity index (χ4v) is 1.49. The largest absolute Gasteiger partial charge is 0.481 e. The van der Waals surface area contributed by atoms with E-state index in [0.717, 1.165) is 12.0 Å². The molecule has 0 aromatic carbocycles. The topological polar surface area (TPSA) is 50.4 Å². The highest BCUT2D eigenvalue weighted by molar-refractivity contribution is 7.80. The molecule has 0 bridgehead atoms. The molecule has 4 heteroatoms. The summed E-state index contributed by atoms with van der Waals surface area (Å²) in [6.45, 7) is 3.63. The van der Waals surface area contributed by atoms with Crippen LogP contribution >= 0.6 is 12.6 Å². The molecule has 0 spiro atoms. The van der Waals surface area contributed by atoms with Crippen LogP contribution in [0.25, 0.3) is 0 Å². The Morgan fingerprint density at radius 2 is 2.36 bits per heavy atom. The van der Waals surface area contributed by atoms with Crippen molar-refractivity contribution in [2.45, 2.75) is 31.4 Å². The maximum atomic E-state index is 10.8. The summed E-state index contributed by atoms with van der Waals surface area (Å²) in [5, 5.41) is 8.84. The number of aliphatic carboxylic acids is 1. The lowest BCUT2D eigenvalue weighted by Gasteiger charge is -2.10. The lowest BCUT2D eigenvalue weighted by molar-refractivity contribution is -0.138. The van der Waals surface area contributed by atoms with Gasteiger partial charge in [0, 0.05) is 5.56 Å². The van der Waals surface area contributed by atoms with Crippen molar-refractivity contribution >= 4 is 18.6 Å². The Hall–Kier alpha value is -0.900. The van der Waals surface area contributed by atoms with Crippen LogP contribution in [0.15, 0.2) is 16.7 Å². The number of furan rings is 1. The first-order chi connectivity index (χ1) is 6.57. The van der Waals surface area contributed by atoms with Crippen LogP contribution in [0.4, 0.5) is 0 Å². The van der Waals surface area contributed by atoms with Gasteiger partial charge in [-0.3, -0.25) is 4.79 Å². The molecule has 2 unspecified atom stereocenters. The summed E-state index contributed by atoms with van der Waals surface area (Å²) in [7, 11) is 0. The molecule has 3 nitrogen and oxygen atoms in total. The molecule has 0 aliphatic rings. The van der Waals surface area contributed by atoms with Crippen molar-refractivity contribution in [2.75, 3.05) is 0 Å². The molecule has 1 heterocycles. The highest BCUT2D eigenvalue weighted by Crippen LogP contribution is 2.31. The van der Waals surface area contributed by atoms with Crippen molar-refractivity contribution < 1.29 is 14.3 Å². The van der Waals surface area contributed by atoms with E-state index >= 15 is 0 Å². The van der Waals surface area contributed by atoms with Gasteiger partial charge in [0.15, 0.2) is 0 Å². The average molecular weight is 214 g/mol. The van der Waals surface area contributed by atoms with Crippen LogP contribution in [0.1, 0.15) is 42.8 Å². The first-order valence-electron chi connectivity index (χ1n) is 4.56. The molecule has 0 aliphatic heterocycles. The number of carbonyl (C=O) groups is 1. The quantitative estimate of drug-likeness (QED) is 0.758. The fourth-order valence-electron chi connectivity index (χ4n) is 1.28. The molecular weight excluding hydrogens is 200 g/mol. The molecular formula is C10H14O3S. The van der Waals surface area contributed by atoms with Crippen molar-refractivity contribution in [3.05, 3.63) is 23.7 Å². The molecule has 0 saturated heterocycles. The van der Waals surface area contributed by atoms with Gasteiger partial charge < -0.3 is 9.52 Å². The van der Waals surface area contributed by atoms with Gasteiger partial charge in [0.25, 0.3) is 0 Å². The minimum Gasteiger partial charge on any atom is -0.481 e. The molecule has 0 saturated carbocycles. The van der Waals surface area contributed by atoms with E-state index in [-0.39, 0.29) is 5.25 Å². The van der Waals surface area contributed by atoms with E-state index < -0.39 is 11.9 Å². The van der Waals surface area contributed by atoms with E-state index in [1.165, 1.54) is 6.26 Å². The maximum Gasteiger partial charge on any atom is 0.310 e. The lowest BCUT2D eigenvalue weighted by Crippen LogP contribution is -2.08. The van der Waals surface area contributed by atoms with Crippen LogP contribution in [0.3, 0.4) is 0 Å². The van der Waals surface area contributed by atoms with E-state index in [0.29, 0.717) is 5.76 Å². The van der Waals surface area contributed by atoms with E-state index in [1.54, 1.807) is 13.0 Å². The molecule has 0 amide bonds. The first-order valence-corrected chi connectivity index (χ1v) is 5.07. The van der Waals surface area contributed by atoms with Gasteiger partial charge in [-0.25, -0.2) is 0 Å². The zero-order chi connectivity index (χ0) is 10.7. The number of hydrogen-bond donors (Lipinski definition) is 2. The Balaban J connectivity index is 2.98. The zero-order valence-electron chi connectivity index (χ0n) is 8.23. The van der Waals surface area contributed by atoms with E-state index in [9.17, 15) is 4.79 Å². The Morgan fingerprint density at radius 3 is 2.86 bits per heavy atom. The van der Waals surface area contributed by atoms with Crippen molar-refractivity contribution in [2.24, 2.45) is 0 Å². The summed E-state index contributed by atoms with van der Waals surface area (Å²) in [6.07, 6.45) is 2.33. The summed E-state index contributed by atoms with van der Waals surface area (Å²) in [5.41, 5.74) is 0.722. The predicted octanol–water partition coefficient (Wildman–Crippen LogP) is 2.85. The van der Waals surface area contributed by atoms with Crippen LogP contribution < -0.4 is 0 Å². The molecule has 2 atom stereocenters. The Kier molecular flexibility index (Phi) is 3.63. The molecule has 0 fully saturated rings. The standard InChI is InChI=1S/C10H14O3S/c1-3-8(14)9-7(4-5-13-9)6(2)10(11)12/h4-6,8,14H,3H2,1-2H3,(H,11,12). The first kappa shape index (κ1) is 11.2. The Labute approximate surface area is 88.5 Å². The summed E-state index contributed by atoms with van der Waals surface area (Å²) in [6, 6.07) is 1.70. The minimum absolute atomic E-state index is 0.0261. The van der Waals surface area contributed by atoms with Gasteiger partial charge >= 0.3 is 5.97 Å². The molecule has 1 aromatic heterocycles. The SMILES string of the molecule is CCC(S)c1occc1C(C)C(=O)O. The third-order valence-corrected chi connectivity index (χ3v) is 2.85. The van der Waals surface area contributed by atoms with Gasteiger partial charge in [0.2, 0.25) is 0 Å². The summed E-state index contributed by atoms with van der Waals surface area (Å²) in [5.74, 6) is -0.708. The predicted molar refractivity (Wildman–Crippen MR) is 56.8 cm³/mol. The van der Waals surface area contributed by atoms with E-state index in [4.69, 9.17) is 9.52 Å². The summed E-state index contributed by atoms with van der Waals surface area (Å²) in [4.78, 5) is 10.8. The van der Waals surface area contributed by atoms with E-state index in [2.05, 4.69) is 12.6 Å². The van der Waals surface area contributed by atoms with Crippen molar-refractivity contribution in [3.8, 4) is 0 Å². The van der Waals surface area contributed by atoms with Gasteiger partial charge in [-0.1, -0.05) is 6.92 Å². The lowest BCUT2D eigenvalue weighted by atomic mass is 10.00. The molecule has 14 heavy (non-hydrogen) atoms. The van der Waals surface area contributed by atoms with Crippen molar-refractivity contribution in [1.29, 1.82) is 0 Å².